The van der Waals surface area contributed by atoms with Crippen LogP contribution >= 0.6 is 22.6 Å². The number of carbonyl (C=O) groups is 1. The van der Waals surface area contributed by atoms with Gasteiger partial charge in [-0.25, -0.2) is 0 Å². The fourth-order valence-electron chi connectivity index (χ4n) is 2.02. The van der Waals surface area contributed by atoms with Gasteiger partial charge in [0.1, 0.15) is 6.10 Å². The topological polar surface area (TPSA) is 26.3 Å². The first-order chi connectivity index (χ1) is 5.81. The molecular formula is C9H11IO2. The molecule has 3 heteroatoms. The first-order valence-electron chi connectivity index (χ1n) is 4.23. The lowest BCUT2D eigenvalue weighted by Crippen LogP contribution is -2.37. The number of alkyl halides is 1. The van der Waals surface area contributed by atoms with Crippen LogP contribution in [0.4, 0.5) is 0 Å². The van der Waals surface area contributed by atoms with Gasteiger partial charge in [0, 0.05) is 10.3 Å². The van der Waals surface area contributed by atoms with E-state index < -0.39 is 0 Å². The Balaban J connectivity index is 2.12. The van der Waals surface area contributed by atoms with Crippen LogP contribution in [0.3, 0.4) is 0 Å². The molecule has 1 unspecified atom stereocenters. The molecule has 2 aliphatic rings. The summed E-state index contributed by atoms with van der Waals surface area (Å²) in [6.45, 7) is 0. The lowest BCUT2D eigenvalue weighted by atomic mass is 9.86. The molecule has 1 aliphatic carbocycles. The molecule has 0 aromatic heterocycles. The minimum atomic E-state index is -0.0236. The van der Waals surface area contributed by atoms with E-state index in [9.17, 15) is 4.79 Å². The van der Waals surface area contributed by atoms with Crippen LogP contribution in [0.2, 0.25) is 0 Å². The highest BCUT2D eigenvalue weighted by Gasteiger charge is 2.38. The minimum Gasteiger partial charge on any atom is -0.461 e. The molecule has 1 fully saturated rings. The van der Waals surface area contributed by atoms with Gasteiger partial charge in [0.25, 0.3) is 0 Å². The molecule has 1 heterocycles. The molecule has 1 saturated heterocycles. The van der Waals surface area contributed by atoms with Gasteiger partial charge in [0.2, 0.25) is 0 Å². The van der Waals surface area contributed by atoms with Crippen LogP contribution in [0.15, 0.2) is 12.2 Å². The van der Waals surface area contributed by atoms with Gasteiger partial charge < -0.3 is 4.74 Å². The van der Waals surface area contributed by atoms with Gasteiger partial charge >= 0.3 is 5.97 Å². The van der Waals surface area contributed by atoms with E-state index in [1.165, 1.54) is 0 Å². The van der Waals surface area contributed by atoms with Gasteiger partial charge in [0.05, 0.1) is 6.42 Å². The Bertz CT molecular complexity index is 225. The average molecular weight is 278 g/mol. The number of hydrogen-bond donors (Lipinski definition) is 0. The highest BCUT2D eigenvalue weighted by atomic mass is 127. The molecule has 2 nitrogen and oxygen atoms in total. The molecule has 12 heavy (non-hydrogen) atoms. The van der Waals surface area contributed by atoms with Crippen molar-refractivity contribution in [3.05, 3.63) is 12.2 Å². The first kappa shape index (κ1) is 8.53. The van der Waals surface area contributed by atoms with Crippen LogP contribution in [0.1, 0.15) is 12.8 Å². The summed E-state index contributed by atoms with van der Waals surface area (Å²) in [6.07, 6.45) is 6.19. The molecule has 66 valence electrons. The molecule has 0 saturated carbocycles. The third-order valence-electron chi connectivity index (χ3n) is 2.66. The fraction of sp³-hybridized carbons (Fsp3) is 0.667. The van der Waals surface area contributed by atoms with Crippen molar-refractivity contribution in [2.75, 3.05) is 4.43 Å². The molecule has 0 spiro atoms. The standard InChI is InChI=1S/C9H11IO2/c10-5-8-7-3-1-2-6(7)4-9(11)12-8/h1-2,6-8H,3-5H2/t6-,7-,8?/m1/s1. The molecular weight excluding hydrogens is 267 g/mol. The number of halogens is 1. The third-order valence-corrected chi connectivity index (χ3v) is 3.52. The summed E-state index contributed by atoms with van der Waals surface area (Å²) >= 11 is 2.29. The van der Waals surface area contributed by atoms with E-state index in [1.54, 1.807) is 0 Å². The number of rotatable bonds is 1. The lowest BCUT2D eigenvalue weighted by Gasteiger charge is -2.31. The lowest BCUT2D eigenvalue weighted by molar-refractivity contribution is -0.158. The van der Waals surface area contributed by atoms with E-state index >= 15 is 0 Å². The zero-order valence-corrected chi connectivity index (χ0v) is 8.86. The second kappa shape index (κ2) is 3.36. The van der Waals surface area contributed by atoms with E-state index in [2.05, 4.69) is 34.7 Å². The first-order valence-corrected chi connectivity index (χ1v) is 5.76. The Morgan fingerprint density at radius 1 is 1.67 bits per heavy atom. The largest absolute Gasteiger partial charge is 0.461 e. The average Bonchev–Trinajstić information content (AvgIpc) is 2.50. The SMILES string of the molecule is O=C1C[C@H]2C=CC[C@H]2C(CI)O1. The zero-order valence-electron chi connectivity index (χ0n) is 6.70. The normalized spacial score (nSPS) is 39.4. The Morgan fingerprint density at radius 2 is 2.50 bits per heavy atom. The Labute approximate surface area is 85.5 Å². The molecule has 0 amide bonds. The molecule has 0 aromatic carbocycles. The summed E-state index contributed by atoms with van der Waals surface area (Å²) in [6, 6.07) is 0. The maximum absolute atomic E-state index is 11.1. The predicted molar refractivity (Wildman–Crippen MR) is 54.1 cm³/mol. The van der Waals surface area contributed by atoms with Gasteiger partial charge in [-0.15, -0.1) is 0 Å². The van der Waals surface area contributed by atoms with Crippen molar-refractivity contribution in [2.24, 2.45) is 11.8 Å². The highest BCUT2D eigenvalue weighted by molar-refractivity contribution is 14.1. The van der Waals surface area contributed by atoms with Gasteiger partial charge in [-0.3, -0.25) is 4.79 Å². The fourth-order valence-corrected chi connectivity index (χ4v) is 2.85. The van der Waals surface area contributed by atoms with E-state index in [0.29, 0.717) is 18.3 Å². The van der Waals surface area contributed by atoms with E-state index in [0.717, 1.165) is 10.8 Å². The van der Waals surface area contributed by atoms with Crippen LogP contribution < -0.4 is 0 Å². The van der Waals surface area contributed by atoms with Gasteiger partial charge in [-0.2, -0.15) is 0 Å². The van der Waals surface area contributed by atoms with Crippen molar-refractivity contribution in [1.82, 2.24) is 0 Å². The monoisotopic (exact) mass is 278 g/mol. The quantitative estimate of drug-likeness (QED) is 0.317. The van der Waals surface area contributed by atoms with Crippen molar-refractivity contribution >= 4 is 28.6 Å². The number of cyclic esters (lactones) is 1. The Morgan fingerprint density at radius 3 is 3.25 bits per heavy atom. The summed E-state index contributed by atoms with van der Waals surface area (Å²) in [5, 5.41) is 0. The molecule has 0 bridgehead atoms. The second-order valence-electron chi connectivity index (χ2n) is 3.38. The van der Waals surface area contributed by atoms with Crippen molar-refractivity contribution < 1.29 is 9.53 Å². The van der Waals surface area contributed by atoms with E-state index in [4.69, 9.17) is 4.74 Å². The third kappa shape index (κ3) is 1.39. The van der Waals surface area contributed by atoms with Crippen LogP contribution in [-0.4, -0.2) is 16.5 Å². The van der Waals surface area contributed by atoms with Crippen molar-refractivity contribution in [2.45, 2.75) is 18.9 Å². The summed E-state index contributed by atoms with van der Waals surface area (Å²) in [7, 11) is 0. The summed E-state index contributed by atoms with van der Waals surface area (Å²) < 4.78 is 6.19. The Hall–Kier alpha value is -0.0600. The van der Waals surface area contributed by atoms with Crippen molar-refractivity contribution in [3.63, 3.8) is 0 Å². The smallest absolute Gasteiger partial charge is 0.306 e. The number of hydrogen-bond acceptors (Lipinski definition) is 2. The maximum Gasteiger partial charge on any atom is 0.306 e. The zero-order chi connectivity index (χ0) is 8.55. The van der Waals surface area contributed by atoms with Crippen molar-refractivity contribution in [3.8, 4) is 0 Å². The van der Waals surface area contributed by atoms with Gasteiger partial charge in [-0.1, -0.05) is 34.7 Å². The van der Waals surface area contributed by atoms with Crippen molar-refractivity contribution in [1.29, 1.82) is 0 Å². The summed E-state index contributed by atoms with van der Waals surface area (Å²) in [5.41, 5.74) is 0. The van der Waals surface area contributed by atoms with Crippen LogP contribution in [0, 0.1) is 11.8 Å². The molecule has 0 N–H and O–H groups in total. The van der Waals surface area contributed by atoms with Crippen LogP contribution in [0.25, 0.3) is 0 Å². The molecule has 0 radical (unpaired) electrons. The molecule has 2 rings (SSSR count). The van der Waals surface area contributed by atoms with Gasteiger partial charge in [-0.05, 0) is 12.3 Å². The van der Waals surface area contributed by atoms with Gasteiger partial charge in [0.15, 0.2) is 0 Å². The number of ether oxygens (including phenoxy) is 1. The van der Waals surface area contributed by atoms with Crippen LogP contribution in [0.5, 0.6) is 0 Å². The number of esters is 1. The number of allylic oxidation sites excluding steroid dienone is 2. The maximum atomic E-state index is 11.1. The second-order valence-corrected chi connectivity index (χ2v) is 4.26. The minimum absolute atomic E-state index is 0.0236. The molecule has 0 aromatic rings. The predicted octanol–water partition coefficient (Wildman–Crippen LogP) is 1.93. The van der Waals surface area contributed by atoms with Crippen LogP contribution in [-0.2, 0) is 9.53 Å². The Kier molecular flexibility index (Phi) is 2.39. The number of carbonyl (C=O) groups excluding carboxylic acids is 1. The summed E-state index contributed by atoms with van der Waals surface area (Å²) in [4.78, 5) is 11.1. The van der Waals surface area contributed by atoms with E-state index in [-0.39, 0.29) is 12.1 Å². The van der Waals surface area contributed by atoms with E-state index in [1.807, 2.05) is 0 Å². The number of fused-ring (bicyclic) bond motifs is 1. The highest BCUT2D eigenvalue weighted by Crippen LogP contribution is 2.36. The summed E-state index contributed by atoms with van der Waals surface area (Å²) in [5.74, 6) is 1.01. The molecule has 1 aliphatic heterocycles. The molecule has 3 atom stereocenters.